The van der Waals surface area contributed by atoms with Crippen LogP contribution in [0.1, 0.15) is 45.7 Å². The molecule has 1 amide bonds. The maximum Gasteiger partial charge on any atom is 0.407 e. The molecule has 0 radical (unpaired) electrons. The van der Waals surface area contributed by atoms with Crippen LogP contribution in [0.25, 0.3) is 31.7 Å². The first kappa shape index (κ1) is 46.8. The summed E-state index contributed by atoms with van der Waals surface area (Å²) in [6.45, 7) is 13.4. The number of benzene rings is 4. The molecule has 0 aromatic heterocycles. The molecule has 2 heterocycles. The number of amides is 1. The van der Waals surface area contributed by atoms with Crippen LogP contribution < -0.4 is 10.1 Å². The molecule has 0 aliphatic carbocycles. The van der Waals surface area contributed by atoms with Gasteiger partial charge in [0.05, 0.1) is 25.4 Å². The standard InChI is InChI=1S/C45H55N7O10Si/c1-28-36(48-44(54)56-26-31-18-12-9-13-19-31)40(58-29(2)53)37(49-51-46)42(57-28)61-39-35(27-55-25-30-16-10-8-11-17-30)60-43(62-63(6,7)45(3,4)5)38(50-52-47)41(39)59-34-23-22-32-20-14-15-21-33(32)24-34/h8-24,28,35-43H,25-27H2,1-7H3,(H,48,54)/t28-,35-,36+,37-,38-,39+,40+,41-,42-,43+/m1/s1. The van der Waals surface area contributed by atoms with Crippen LogP contribution in [0, 0.1) is 0 Å². The Morgan fingerprint density at radius 3 is 2.00 bits per heavy atom. The number of carbonyl (C=O) groups is 2. The van der Waals surface area contributed by atoms with Gasteiger partial charge in [0.25, 0.3) is 0 Å². The van der Waals surface area contributed by atoms with E-state index in [1.807, 2.05) is 84.9 Å². The third-order valence-corrected chi connectivity index (χ3v) is 15.9. The summed E-state index contributed by atoms with van der Waals surface area (Å²) >= 11 is 0. The molecule has 2 saturated heterocycles. The predicted molar refractivity (Wildman–Crippen MR) is 236 cm³/mol. The highest BCUT2D eigenvalue weighted by molar-refractivity contribution is 6.74. The van der Waals surface area contributed by atoms with Crippen molar-refractivity contribution < 1.29 is 47.2 Å². The number of fused-ring (bicyclic) bond motifs is 1. The minimum atomic E-state index is -2.62. The van der Waals surface area contributed by atoms with Gasteiger partial charge in [-0.1, -0.05) is 122 Å². The van der Waals surface area contributed by atoms with Gasteiger partial charge in [-0.05, 0) is 70.2 Å². The second-order valence-corrected chi connectivity index (χ2v) is 21.8. The normalized spacial score (nSPS) is 26.1. The fourth-order valence-electron chi connectivity index (χ4n) is 7.23. The number of ether oxygens (including phenoxy) is 7. The van der Waals surface area contributed by atoms with Gasteiger partial charge < -0.3 is 42.9 Å². The van der Waals surface area contributed by atoms with E-state index in [0.29, 0.717) is 5.75 Å². The molecule has 2 aliphatic rings. The van der Waals surface area contributed by atoms with Crippen LogP contribution >= 0.6 is 0 Å². The van der Waals surface area contributed by atoms with Gasteiger partial charge in [0.1, 0.15) is 48.9 Å². The molecular weight excluding hydrogens is 827 g/mol. The predicted octanol–water partition coefficient (Wildman–Crippen LogP) is 9.27. The molecule has 2 fully saturated rings. The van der Waals surface area contributed by atoms with Crippen LogP contribution in [-0.2, 0) is 50.9 Å². The Labute approximate surface area is 367 Å². The molecule has 0 spiro atoms. The van der Waals surface area contributed by atoms with Crippen molar-refractivity contribution in [1.29, 1.82) is 0 Å². The Bertz CT molecular complexity index is 2260. The third-order valence-electron chi connectivity index (χ3n) is 11.5. The van der Waals surface area contributed by atoms with Gasteiger partial charge in [0.15, 0.2) is 20.9 Å². The molecule has 0 unspecified atom stereocenters. The van der Waals surface area contributed by atoms with Gasteiger partial charge in [0, 0.05) is 16.7 Å². The lowest BCUT2D eigenvalue weighted by molar-refractivity contribution is -0.309. The molecule has 2 aliphatic heterocycles. The number of nitrogens with one attached hydrogen (secondary N) is 1. The highest BCUT2D eigenvalue weighted by atomic mass is 28.4. The van der Waals surface area contributed by atoms with Crippen LogP contribution in [0.2, 0.25) is 18.1 Å². The maximum absolute atomic E-state index is 13.2. The minimum absolute atomic E-state index is 0.0289. The highest BCUT2D eigenvalue weighted by Crippen LogP contribution is 2.41. The molecule has 0 bridgehead atoms. The summed E-state index contributed by atoms with van der Waals surface area (Å²) < 4.78 is 51.4. The molecule has 63 heavy (non-hydrogen) atoms. The van der Waals surface area contributed by atoms with Gasteiger partial charge in [0.2, 0.25) is 0 Å². The largest absolute Gasteiger partial charge is 0.487 e. The van der Waals surface area contributed by atoms with Crippen molar-refractivity contribution in [1.82, 2.24) is 5.32 Å². The second-order valence-electron chi connectivity index (χ2n) is 17.0. The molecule has 10 atom stereocenters. The average Bonchev–Trinajstić information content (AvgIpc) is 3.25. The summed E-state index contributed by atoms with van der Waals surface area (Å²) in [5.74, 6) is -0.279. The number of hydrogen-bond donors (Lipinski definition) is 1. The Morgan fingerprint density at radius 1 is 0.778 bits per heavy atom. The van der Waals surface area contributed by atoms with E-state index in [2.05, 4.69) is 59.2 Å². The van der Waals surface area contributed by atoms with Crippen LogP contribution in [0.15, 0.2) is 113 Å². The van der Waals surface area contributed by atoms with Crippen molar-refractivity contribution in [3.8, 4) is 5.75 Å². The number of alkyl carbamates (subject to hydrolysis) is 1. The van der Waals surface area contributed by atoms with Gasteiger partial charge in [-0.3, -0.25) is 4.79 Å². The molecule has 334 valence electrons. The van der Waals surface area contributed by atoms with E-state index in [-0.39, 0.29) is 24.9 Å². The lowest BCUT2D eigenvalue weighted by atomic mass is 9.93. The number of nitrogens with zero attached hydrogens (tertiary/aromatic N) is 6. The van der Waals surface area contributed by atoms with Crippen molar-refractivity contribution in [2.75, 3.05) is 6.61 Å². The second kappa shape index (κ2) is 21.1. The number of carbonyl (C=O) groups excluding carboxylic acids is 2. The summed E-state index contributed by atoms with van der Waals surface area (Å²) in [6.07, 6.45) is -8.84. The number of azide groups is 2. The molecule has 0 saturated carbocycles. The molecule has 4 aromatic rings. The summed E-state index contributed by atoms with van der Waals surface area (Å²) in [6, 6.07) is 28.5. The van der Waals surface area contributed by atoms with Crippen LogP contribution in [0.3, 0.4) is 0 Å². The van der Waals surface area contributed by atoms with E-state index in [4.69, 9.17) is 37.6 Å². The molecular formula is C45H55N7O10Si. The van der Waals surface area contributed by atoms with Crippen molar-refractivity contribution in [2.24, 2.45) is 10.2 Å². The quantitative estimate of drug-likeness (QED) is 0.0370. The summed E-state index contributed by atoms with van der Waals surface area (Å²) in [5, 5.41) is 12.6. The van der Waals surface area contributed by atoms with Crippen molar-refractivity contribution in [3.05, 3.63) is 135 Å². The molecule has 18 heteroatoms. The molecule has 6 rings (SSSR count). The van der Waals surface area contributed by atoms with Gasteiger partial charge in [-0.2, -0.15) is 0 Å². The lowest BCUT2D eigenvalue weighted by Crippen LogP contribution is -2.67. The zero-order valence-corrected chi connectivity index (χ0v) is 37.5. The van der Waals surface area contributed by atoms with Crippen molar-refractivity contribution >= 4 is 31.2 Å². The first-order valence-corrected chi connectivity index (χ1v) is 23.7. The number of hydrogen-bond acceptors (Lipinski definition) is 12. The van der Waals surface area contributed by atoms with Crippen molar-refractivity contribution in [3.63, 3.8) is 0 Å². The van der Waals surface area contributed by atoms with E-state index in [1.165, 1.54) is 6.92 Å². The first-order valence-electron chi connectivity index (χ1n) is 20.8. The zero-order valence-electron chi connectivity index (χ0n) is 36.5. The van der Waals surface area contributed by atoms with Gasteiger partial charge in [-0.25, -0.2) is 4.79 Å². The summed E-state index contributed by atoms with van der Waals surface area (Å²) in [5.41, 5.74) is 21.7. The minimum Gasteiger partial charge on any atom is -0.487 e. The average molecular weight is 882 g/mol. The first-order chi connectivity index (χ1) is 30.2. The number of esters is 1. The zero-order chi connectivity index (χ0) is 45.1. The van der Waals surface area contributed by atoms with Gasteiger partial charge in [-0.15, -0.1) is 0 Å². The Morgan fingerprint density at radius 2 is 1.38 bits per heavy atom. The third kappa shape index (κ3) is 12.1. The Balaban J connectivity index is 1.39. The van der Waals surface area contributed by atoms with E-state index >= 15 is 0 Å². The summed E-state index contributed by atoms with van der Waals surface area (Å²) in [7, 11) is -2.62. The molecule has 1 N–H and O–H groups in total. The SMILES string of the molecule is CC(=O)O[C@@H]1[C@@H](N=[N+]=[N-])[C@@H](O[C@@H]2[C@H](Oc3ccc4ccccc4c3)[C@@H](N=[N+]=[N-])[C@H](O[Si](C)(C)C(C)(C)C)O[C@@H]2COCc2ccccc2)O[C@H](C)[C@@H]1NC(=O)OCc1ccccc1. The molecule has 4 aromatic carbocycles. The lowest BCUT2D eigenvalue weighted by Gasteiger charge is -2.50. The van der Waals surface area contributed by atoms with E-state index < -0.39 is 81.6 Å². The maximum atomic E-state index is 13.2. The summed E-state index contributed by atoms with van der Waals surface area (Å²) in [4.78, 5) is 32.2. The highest BCUT2D eigenvalue weighted by Gasteiger charge is 2.55. The fourth-order valence-corrected chi connectivity index (χ4v) is 8.36. The van der Waals surface area contributed by atoms with Crippen LogP contribution in [-0.4, -0.2) is 88.2 Å². The topological polar surface area (TPSA) is 218 Å². The monoisotopic (exact) mass is 881 g/mol. The Hall–Kier alpha value is -5.68. The van der Waals surface area contributed by atoms with Gasteiger partial charge >= 0.3 is 12.1 Å². The number of rotatable bonds is 16. The van der Waals surface area contributed by atoms with E-state index in [1.54, 1.807) is 25.1 Å². The smallest absolute Gasteiger partial charge is 0.407 e. The van der Waals surface area contributed by atoms with E-state index in [9.17, 15) is 20.7 Å². The Kier molecular flexibility index (Phi) is 15.7. The van der Waals surface area contributed by atoms with E-state index in [0.717, 1.165) is 21.9 Å². The van der Waals surface area contributed by atoms with Crippen molar-refractivity contribution in [2.45, 2.75) is 127 Å². The molecule has 17 nitrogen and oxygen atoms in total. The fraction of sp³-hybridized carbons (Fsp3) is 0.467. The van der Waals surface area contributed by atoms with Crippen LogP contribution in [0.4, 0.5) is 4.79 Å². The van der Waals surface area contributed by atoms with Crippen LogP contribution in [0.5, 0.6) is 5.75 Å².